The number of fused-ring (bicyclic) bond motifs is 1. The van der Waals surface area contributed by atoms with Crippen molar-refractivity contribution in [3.05, 3.63) is 65.2 Å². The molecule has 0 fully saturated rings. The van der Waals surface area contributed by atoms with Crippen LogP contribution in [0, 0.1) is 5.82 Å². The van der Waals surface area contributed by atoms with Gasteiger partial charge >= 0.3 is 5.97 Å². The molecule has 134 valence electrons. The summed E-state index contributed by atoms with van der Waals surface area (Å²) in [5.74, 6) is -0.367. The topological polar surface area (TPSA) is 61.8 Å². The number of ether oxygens (including phenoxy) is 3. The quantitative estimate of drug-likeness (QED) is 0.603. The number of hydrogen-bond acceptors (Lipinski definition) is 5. The predicted molar refractivity (Wildman–Crippen MR) is 92.5 cm³/mol. The molecule has 0 spiro atoms. The number of benzene rings is 2. The molecule has 1 unspecified atom stereocenters. The molecule has 1 aliphatic heterocycles. The van der Waals surface area contributed by atoms with Crippen molar-refractivity contribution < 1.29 is 28.2 Å². The molecule has 0 aromatic heterocycles. The van der Waals surface area contributed by atoms with E-state index in [0.29, 0.717) is 22.6 Å². The number of ketones is 1. The van der Waals surface area contributed by atoms with E-state index in [1.165, 1.54) is 24.3 Å². The third-order valence-corrected chi connectivity index (χ3v) is 3.72. The minimum atomic E-state index is -0.785. The maximum atomic E-state index is 13.3. The molecule has 2 aromatic carbocycles. The fourth-order valence-corrected chi connectivity index (χ4v) is 2.50. The van der Waals surface area contributed by atoms with Crippen LogP contribution in [-0.2, 0) is 9.53 Å². The van der Waals surface area contributed by atoms with Gasteiger partial charge < -0.3 is 14.2 Å². The lowest BCUT2D eigenvalue weighted by atomic mass is 10.1. The van der Waals surface area contributed by atoms with Crippen LogP contribution in [0.2, 0.25) is 0 Å². The summed E-state index contributed by atoms with van der Waals surface area (Å²) in [5, 5.41) is 0. The number of rotatable bonds is 5. The van der Waals surface area contributed by atoms with Gasteiger partial charge in [-0.15, -0.1) is 0 Å². The van der Waals surface area contributed by atoms with E-state index in [1.807, 2.05) is 0 Å². The predicted octanol–water partition coefficient (Wildman–Crippen LogP) is 3.77. The summed E-state index contributed by atoms with van der Waals surface area (Å²) in [6, 6.07) is 10.5. The third kappa shape index (κ3) is 3.74. The summed E-state index contributed by atoms with van der Waals surface area (Å²) in [6.07, 6.45) is 0.695. The highest BCUT2D eigenvalue weighted by Crippen LogP contribution is 2.35. The van der Waals surface area contributed by atoms with E-state index in [0.717, 1.165) is 0 Å². The second kappa shape index (κ2) is 7.39. The summed E-state index contributed by atoms with van der Waals surface area (Å²) >= 11 is 0. The molecule has 1 atom stereocenters. The Hall–Kier alpha value is -3.15. The van der Waals surface area contributed by atoms with E-state index < -0.39 is 17.9 Å². The standard InChI is InChI=1S/C20H17FO5/c1-3-24-20(23)12(2)25-15-7-8-16-17(11-15)26-18(19(16)22)10-13-5-4-6-14(21)9-13/h4-12H,3H2,1-2H3. The number of hydrogen-bond donors (Lipinski definition) is 0. The summed E-state index contributed by atoms with van der Waals surface area (Å²) < 4.78 is 29.3. The number of allylic oxidation sites excluding steroid dienone is 1. The Morgan fingerprint density at radius 1 is 1.27 bits per heavy atom. The van der Waals surface area contributed by atoms with Crippen molar-refractivity contribution in [2.45, 2.75) is 20.0 Å². The Morgan fingerprint density at radius 3 is 2.81 bits per heavy atom. The van der Waals surface area contributed by atoms with Crippen LogP contribution in [0.15, 0.2) is 48.2 Å². The molecule has 0 amide bonds. The molecule has 1 aliphatic rings. The van der Waals surface area contributed by atoms with E-state index in [2.05, 4.69) is 0 Å². The van der Waals surface area contributed by atoms with Gasteiger partial charge in [-0.25, -0.2) is 9.18 Å². The molecule has 5 nitrogen and oxygen atoms in total. The van der Waals surface area contributed by atoms with Gasteiger partial charge in [0.25, 0.3) is 0 Å². The van der Waals surface area contributed by atoms with Crippen molar-refractivity contribution in [2.75, 3.05) is 6.61 Å². The SMILES string of the molecule is CCOC(=O)C(C)Oc1ccc2c(c1)OC(=Cc1cccc(F)c1)C2=O. The Balaban J connectivity index is 1.79. The zero-order valence-electron chi connectivity index (χ0n) is 14.3. The minimum absolute atomic E-state index is 0.0983. The van der Waals surface area contributed by atoms with Gasteiger partial charge in [-0.2, -0.15) is 0 Å². The van der Waals surface area contributed by atoms with Crippen LogP contribution in [0.5, 0.6) is 11.5 Å². The van der Waals surface area contributed by atoms with Gasteiger partial charge in [-0.3, -0.25) is 4.79 Å². The highest BCUT2D eigenvalue weighted by atomic mass is 19.1. The molecule has 2 aromatic rings. The summed E-state index contributed by atoms with van der Waals surface area (Å²) in [6.45, 7) is 3.56. The normalized spacial score (nSPS) is 15.3. The van der Waals surface area contributed by atoms with Gasteiger partial charge in [0.05, 0.1) is 12.2 Å². The van der Waals surface area contributed by atoms with Crippen molar-refractivity contribution >= 4 is 17.8 Å². The van der Waals surface area contributed by atoms with Gasteiger partial charge in [0.15, 0.2) is 11.9 Å². The molecule has 1 heterocycles. The monoisotopic (exact) mass is 356 g/mol. The first kappa shape index (κ1) is 17.7. The van der Waals surface area contributed by atoms with Gasteiger partial charge in [-0.05, 0) is 49.8 Å². The first-order valence-corrected chi connectivity index (χ1v) is 8.15. The molecule has 0 N–H and O–H groups in total. The highest BCUT2D eigenvalue weighted by Gasteiger charge is 2.28. The minimum Gasteiger partial charge on any atom is -0.479 e. The molecule has 6 heteroatoms. The molecule has 0 aliphatic carbocycles. The second-order valence-electron chi connectivity index (χ2n) is 5.66. The zero-order chi connectivity index (χ0) is 18.7. The van der Waals surface area contributed by atoms with Crippen LogP contribution in [-0.4, -0.2) is 24.5 Å². The van der Waals surface area contributed by atoms with Gasteiger partial charge in [0.2, 0.25) is 5.78 Å². The van der Waals surface area contributed by atoms with Crippen molar-refractivity contribution in [1.82, 2.24) is 0 Å². The number of Topliss-reactive ketones (excluding diaryl/α,β-unsaturated/α-hetero) is 1. The first-order valence-electron chi connectivity index (χ1n) is 8.15. The molecule has 0 bridgehead atoms. The molecule has 0 saturated carbocycles. The molecule has 0 radical (unpaired) electrons. The van der Waals surface area contributed by atoms with Crippen LogP contribution in [0.4, 0.5) is 4.39 Å². The lowest BCUT2D eigenvalue weighted by Gasteiger charge is -2.13. The lowest BCUT2D eigenvalue weighted by molar-refractivity contribution is -0.150. The molecule has 0 saturated heterocycles. The molecule has 3 rings (SSSR count). The number of esters is 1. The molecule has 26 heavy (non-hydrogen) atoms. The third-order valence-electron chi connectivity index (χ3n) is 3.72. The van der Waals surface area contributed by atoms with Crippen LogP contribution < -0.4 is 9.47 Å². The molecular weight excluding hydrogens is 339 g/mol. The van der Waals surface area contributed by atoms with Gasteiger partial charge in [0, 0.05) is 6.07 Å². The number of halogens is 1. The smallest absolute Gasteiger partial charge is 0.347 e. The zero-order valence-corrected chi connectivity index (χ0v) is 14.3. The van der Waals surface area contributed by atoms with Crippen LogP contribution in [0.1, 0.15) is 29.8 Å². The fourth-order valence-electron chi connectivity index (χ4n) is 2.50. The van der Waals surface area contributed by atoms with Crippen LogP contribution in [0.25, 0.3) is 6.08 Å². The summed E-state index contributed by atoms with van der Waals surface area (Å²) in [4.78, 5) is 24.1. The fraction of sp³-hybridized carbons (Fsp3) is 0.200. The largest absolute Gasteiger partial charge is 0.479 e. The van der Waals surface area contributed by atoms with Crippen molar-refractivity contribution in [3.8, 4) is 11.5 Å². The second-order valence-corrected chi connectivity index (χ2v) is 5.66. The number of carbonyl (C=O) groups is 2. The summed E-state index contributed by atoms with van der Waals surface area (Å²) in [7, 11) is 0. The Bertz CT molecular complexity index is 888. The van der Waals surface area contributed by atoms with Crippen molar-refractivity contribution in [2.24, 2.45) is 0 Å². The lowest BCUT2D eigenvalue weighted by Crippen LogP contribution is -2.26. The average Bonchev–Trinajstić information content (AvgIpc) is 2.90. The highest BCUT2D eigenvalue weighted by molar-refractivity contribution is 6.14. The Kier molecular flexibility index (Phi) is 5.02. The maximum absolute atomic E-state index is 13.3. The van der Waals surface area contributed by atoms with E-state index in [-0.39, 0.29) is 18.1 Å². The van der Waals surface area contributed by atoms with Gasteiger partial charge in [-0.1, -0.05) is 12.1 Å². The summed E-state index contributed by atoms with van der Waals surface area (Å²) in [5.41, 5.74) is 0.900. The number of carbonyl (C=O) groups excluding carboxylic acids is 2. The van der Waals surface area contributed by atoms with Crippen LogP contribution in [0.3, 0.4) is 0 Å². The maximum Gasteiger partial charge on any atom is 0.347 e. The Morgan fingerprint density at radius 2 is 2.08 bits per heavy atom. The molecular formula is C20H17FO5. The van der Waals surface area contributed by atoms with Crippen molar-refractivity contribution in [1.29, 1.82) is 0 Å². The average molecular weight is 356 g/mol. The van der Waals surface area contributed by atoms with E-state index in [1.54, 1.807) is 38.1 Å². The first-order chi connectivity index (χ1) is 12.5. The van der Waals surface area contributed by atoms with E-state index in [9.17, 15) is 14.0 Å². The van der Waals surface area contributed by atoms with Gasteiger partial charge in [0.1, 0.15) is 17.3 Å². The van der Waals surface area contributed by atoms with Crippen LogP contribution >= 0.6 is 0 Å². The van der Waals surface area contributed by atoms with E-state index >= 15 is 0 Å². The van der Waals surface area contributed by atoms with E-state index in [4.69, 9.17) is 14.2 Å². The Labute approximate surface area is 150 Å². The van der Waals surface area contributed by atoms with Crippen molar-refractivity contribution in [3.63, 3.8) is 0 Å².